The minimum atomic E-state index is -0.450. The minimum Gasteiger partial charge on any atom is -0.330 e. The zero-order chi connectivity index (χ0) is 12.3. The van der Waals surface area contributed by atoms with Crippen LogP contribution in [0.1, 0.15) is 5.82 Å². The summed E-state index contributed by atoms with van der Waals surface area (Å²) in [5.74, 6) is 0.946. The average Bonchev–Trinajstić information content (AvgIpc) is 2.78. The predicted molar refractivity (Wildman–Crippen MR) is 61.2 cm³/mol. The summed E-state index contributed by atoms with van der Waals surface area (Å²) in [6.45, 7) is 0.450. The number of H-pyrrole nitrogens is 1. The second-order valence-corrected chi connectivity index (χ2v) is 3.42. The van der Waals surface area contributed by atoms with E-state index in [1.54, 1.807) is 18.2 Å². The molecule has 7 heteroatoms. The molecule has 0 atom stereocenters. The molecule has 1 heterocycles. The van der Waals surface area contributed by atoms with Crippen LogP contribution in [0.25, 0.3) is 11.4 Å². The predicted octanol–water partition coefficient (Wildman–Crippen LogP) is 0.881. The Morgan fingerprint density at radius 1 is 1.41 bits per heavy atom. The Hall–Kier alpha value is -2.28. The smallest absolute Gasteiger partial charge is 0.280 e. The van der Waals surface area contributed by atoms with Gasteiger partial charge in [-0.25, -0.2) is 4.98 Å². The van der Waals surface area contributed by atoms with E-state index in [0.717, 1.165) is 0 Å². The number of hydrogen-bond acceptors (Lipinski definition) is 5. The Bertz CT molecular complexity index is 537. The summed E-state index contributed by atoms with van der Waals surface area (Å²) in [5.41, 5.74) is 5.78. The molecule has 1 aromatic carbocycles. The van der Waals surface area contributed by atoms with Gasteiger partial charge in [-0.1, -0.05) is 12.1 Å². The van der Waals surface area contributed by atoms with Crippen molar-refractivity contribution in [3.8, 4) is 11.4 Å². The van der Waals surface area contributed by atoms with E-state index in [2.05, 4.69) is 15.2 Å². The number of nitro groups is 1. The van der Waals surface area contributed by atoms with Gasteiger partial charge in [0.2, 0.25) is 0 Å². The first kappa shape index (κ1) is 11.2. The standard InChI is InChI=1S/C10H11N5O2/c11-6-5-9-12-10(14-13-9)7-3-1-2-4-8(7)15(16)17/h1-4H,5-6,11H2,(H,12,13,14). The molecule has 0 radical (unpaired) electrons. The number of rotatable bonds is 4. The lowest BCUT2D eigenvalue weighted by atomic mass is 10.2. The molecule has 0 bridgehead atoms. The number of nitrogens with zero attached hydrogens (tertiary/aromatic N) is 3. The first-order chi connectivity index (χ1) is 8.22. The maximum Gasteiger partial charge on any atom is 0.280 e. The van der Waals surface area contributed by atoms with E-state index in [-0.39, 0.29) is 5.69 Å². The fourth-order valence-electron chi connectivity index (χ4n) is 1.49. The molecule has 0 aliphatic carbocycles. The molecule has 0 saturated heterocycles. The van der Waals surface area contributed by atoms with Crippen LogP contribution >= 0.6 is 0 Å². The number of nitrogens with one attached hydrogen (secondary N) is 1. The summed E-state index contributed by atoms with van der Waals surface area (Å²) in [6.07, 6.45) is 0.563. The molecule has 0 unspecified atom stereocenters. The van der Waals surface area contributed by atoms with Gasteiger partial charge in [-0.2, -0.15) is 5.10 Å². The largest absolute Gasteiger partial charge is 0.330 e. The zero-order valence-electron chi connectivity index (χ0n) is 8.96. The van der Waals surface area contributed by atoms with Crippen LogP contribution in [-0.4, -0.2) is 26.6 Å². The van der Waals surface area contributed by atoms with E-state index in [1.807, 2.05) is 0 Å². The lowest BCUT2D eigenvalue weighted by molar-refractivity contribution is -0.384. The van der Waals surface area contributed by atoms with Crippen molar-refractivity contribution in [2.45, 2.75) is 6.42 Å². The van der Waals surface area contributed by atoms with Gasteiger partial charge in [-0.15, -0.1) is 0 Å². The van der Waals surface area contributed by atoms with Gasteiger partial charge in [0.25, 0.3) is 5.69 Å². The summed E-state index contributed by atoms with van der Waals surface area (Å²) in [7, 11) is 0. The van der Waals surface area contributed by atoms with E-state index in [0.29, 0.717) is 30.2 Å². The van der Waals surface area contributed by atoms with Crippen molar-refractivity contribution in [3.63, 3.8) is 0 Å². The van der Waals surface area contributed by atoms with E-state index in [1.165, 1.54) is 6.07 Å². The van der Waals surface area contributed by atoms with Crippen LogP contribution < -0.4 is 5.73 Å². The van der Waals surface area contributed by atoms with Gasteiger partial charge in [0, 0.05) is 12.5 Å². The fourth-order valence-corrected chi connectivity index (χ4v) is 1.49. The van der Waals surface area contributed by atoms with Crippen LogP contribution in [0.5, 0.6) is 0 Å². The van der Waals surface area contributed by atoms with Gasteiger partial charge in [-0.3, -0.25) is 15.2 Å². The molecule has 0 spiro atoms. The third-order valence-electron chi connectivity index (χ3n) is 2.25. The van der Waals surface area contributed by atoms with Crippen LogP contribution in [0, 0.1) is 10.1 Å². The zero-order valence-corrected chi connectivity index (χ0v) is 8.96. The normalized spacial score (nSPS) is 10.4. The number of aromatic nitrogens is 3. The van der Waals surface area contributed by atoms with Gasteiger partial charge in [-0.05, 0) is 12.6 Å². The molecule has 3 N–H and O–H groups in total. The van der Waals surface area contributed by atoms with Gasteiger partial charge in [0.15, 0.2) is 5.82 Å². The van der Waals surface area contributed by atoms with E-state index >= 15 is 0 Å². The number of hydrogen-bond donors (Lipinski definition) is 2. The van der Waals surface area contributed by atoms with Crippen LogP contribution in [-0.2, 0) is 6.42 Å². The van der Waals surface area contributed by atoms with Crippen molar-refractivity contribution < 1.29 is 4.92 Å². The number of nitro benzene ring substituents is 1. The van der Waals surface area contributed by atoms with Crippen LogP contribution in [0.2, 0.25) is 0 Å². The lowest BCUT2D eigenvalue weighted by Crippen LogP contribution is -2.03. The first-order valence-corrected chi connectivity index (χ1v) is 5.07. The van der Waals surface area contributed by atoms with Crippen molar-refractivity contribution in [2.24, 2.45) is 5.73 Å². The van der Waals surface area contributed by atoms with Gasteiger partial charge >= 0.3 is 0 Å². The van der Waals surface area contributed by atoms with Crippen LogP contribution in [0.4, 0.5) is 5.69 Å². The number of aromatic amines is 1. The van der Waals surface area contributed by atoms with Gasteiger partial charge < -0.3 is 5.73 Å². The molecule has 2 aromatic rings. The van der Waals surface area contributed by atoms with E-state index in [9.17, 15) is 10.1 Å². The molecular formula is C10H11N5O2. The van der Waals surface area contributed by atoms with E-state index < -0.39 is 4.92 Å². The summed E-state index contributed by atoms with van der Waals surface area (Å²) >= 11 is 0. The Balaban J connectivity index is 2.41. The molecule has 0 fully saturated rings. The molecular weight excluding hydrogens is 222 g/mol. The molecule has 0 aliphatic heterocycles. The van der Waals surface area contributed by atoms with Crippen LogP contribution in [0.3, 0.4) is 0 Å². The molecule has 1 aromatic heterocycles. The molecule has 7 nitrogen and oxygen atoms in total. The van der Waals surface area contributed by atoms with Crippen molar-refractivity contribution in [3.05, 3.63) is 40.2 Å². The topological polar surface area (TPSA) is 111 Å². The van der Waals surface area contributed by atoms with Crippen molar-refractivity contribution in [1.82, 2.24) is 15.2 Å². The SMILES string of the molecule is NCCc1nc(-c2ccccc2[N+](=O)[O-])n[nH]1. The quantitative estimate of drug-likeness (QED) is 0.601. The number of para-hydroxylation sites is 1. The molecule has 88 valence electrons. The van der Waals surface area contributed by atoms with E-state index in [4.69, 9.17) is 5.73 Å². The maximum absolute atomic E-state index is 10.8. The molecule has 17 heavy (non-hydrogen) atoms. The highest BCUT2D eigenvalue weighted by Crippen LogP contribution is 2.26. The summed E-state index contributed by atoms with van der Waals surface area (Å²) in [6, 6.07) is 6.36. The summed E-state index contributed by atoms with van der Waals surface area (Å²) < 4.78 is 0. The van der Waals surface area contributed by atoms with Crippen molar-refractivity contribution in [1.29, 1.82) is 0 Å². The Morgan fingerprint density at radius 2 is 2.18 bits per heavy atom. The highest BCUT2D eigenvalue weighted by Gasteiger charge is 2.17. The minimum absolute atomic E-state index is 0.00852. The Kier molecular flexibility index (Phi) is 3.10. The molecule has 2 rings (SSSR count). The number of benzene rings is 1. The van der Waals surface area contributed by atoms with Crippen LogP contribution in [0.15, 0.2) is 24.3 Å². The molecule has 0 saturated carbocycles. The lowest BCUT2D eigenvalue weighted by Gasteiger charge is -1.96. The second kappa shape index (κ2) is 4.71. The fraction of sp³-hybridized carbons (Fsp3) is 0.200. The monoisotopic (exact) mass is 233 g/mol. The Labute approximate surface area is 96.8 Å². The molecule has 0 amide bonds. The van der Waals surface area contributed by atoms with Crippen molar-refractivity contribution >= 4 is 5.69 Å². The highest BCUT2D eigenvalue weighted by atomic mass is 16.6. The third kappa shape index (κ3) is 2.28. The number of nitrogens with two attached hydrogens (primary N) is 1. The average molecular weight is 233 g/mol. The summed E-state index contributed by atoms with van der Waals surface area (Å²) in [5, 5.41) is 17.5. The summed E-state index contributed by atoms with van der Waals surface area (Å²) in [4.78, 5) is 14.6. The van der Waals surface area contributed by atoms with Gasteiger partial charge in [0.1, 0.15) is 5.82 Å². The van der Waals surface area contributed by atoms with Gasteiger partial charge in [0.05, 0.1) is 10.5 Å². The molecule has 0 aliphatic rings. The first-order valence-electron chi connectivity index (χ1n) is 5.07. The third-order valence-corrected chi connectivity index (χ3v) is 2.25. The second-order valence-electron chi connectivity index (χ2n) is 3.42. The Morgan fingerprint density at radius 3 is 2.88 bits per heavy atom. The highest BCUT2D eigenvalue weighted by molar-refractivity contribution is 5.67. The van der Waals surface area contributed by atoms with Crippen molar-refractivity contribution in [2.75, 3.05) is 6.54 Å². The maximum atomic E-state index is 10.8.